The van der Waals surface area contributed by atoms with Gasteiger partial charge in [-0.2, -0.15) is 0 Å². The van der Waals surface area contributed by atoms with Gasteiger partial charge in [0.15, 0.2) is 5.78 Å². The SMILES string of the molecule is CCC[C@@H]1Cc2cc(O)c(Cl)c(Cl)c2C1=O. The molecule has 0 radical (unpaired) electrons. The minimum atomic E-state index is -0.0460. The molecule has 1 atom stereocenters. The van der Waals surface area contributed by atoms with E-state index >= 15 is 0 Å². The van der Waals surface area contributed by atoms with Gasteiger partial charge in [0.25, 0.3) is 0 Å². The van der Waals surface area contributed by atoms with Crippen molar-refractivity contribution in [2.75, 3.05) is 0 Å². The molecule has 1 aromatic rings. The van der Waals surface area contributed by atoms with Gasteiger partial charge in [-0.3, -0.25) is 4.79 Å². The molecular formula is C12H12Cl2O2. The van der Waals surface area contributed by atoms with Gasteiger partial charge in [0.05, 0.1) is 5.02 Å². The molecule has 2 nitrogen and oxygen atoms in total. The minimum absolute atomic E-state index is 0.00429. The Morgan fingerprint density at radius 2 is 2.12 bits per heavy atom. The lowest BCUT2D eigenvalue weighted by Crippen LogP contribution is -2.08. The van der Waals surface area contributed by atoms with Crippen molar-refractivity contribution in [2.45, 2.75) is 26.2 Å². The molecule has 0 spiro atoms. The minimum Gasteiger partial charge on any atom is -0.506 e. The first kappa shape index (κ1) is 11.7. The summed E-state index contributed by atoms with van der Waals surface area (Å²) in [7, 11) is 0. The molecule has 0 saturated heterocycles. The quantitative estimate of drug-likeness (QED) is 0.875. The molecule has 0 heterocycles. The molecule has 0 aromatic heterocycles. The zero-order chi connectivity index (χ0) is 11.9. The second-order valence-corrected chi connectivity index (χ2v) is 4.87. The summed E-state index contributed by atoms with van der Waals surface area (Å²) in [5.74, 6) is 0.00878. The fourth-order valence-corrected chi connectivity index (χ4v) is 2.70. The average molecular weight is 259 g/mol. The lowest BCUT2D eigenvalue weighted by Gasteiger charge is -2.05. The van der Waals surface area contributed by atoms with Crippen LogP contribution in [0.2, 0.25) is 10.0 Å². The summed E-state index contributed by atoms with van der Waals surface area (Å²) >= 11 is 11.8. The van der Waals surface area contributed by atoms with Crippen LogP contribution in [0.1, 0.15) is 35.7 Å². The normalized spacial score (nSPS) is 18.9. The first-order valence-corrected chi connectivity index (χ1v) is 6.05. The van der Waals surface area contributed by atoms with E-state index in [4.69, 9.17) is 23.2 Å². The van der Waals surface area contributed by atoms with E-state index in [1.54, 1.807) is 6.07 Å². The maximum Gasteiger partial charge on any atom is 0.168 e. The molecule has 2 rings (SSSR count). The maximum atomic E-state index is 12.0. The molecule has 1 N–H and O–H groups in total. The van der Waals surface area contributed by atoms with Gasteiger partial charge in [-0.1, -0.05) is 36.5 Å². The summed E-state index contributed by atoms with van der Waals surface area (Å²) in [6.45, 7) is 2.04. The zero-order valence-electron chi connectivity index (χ0n) is 8.89. The Labute approximate surface area is 104 Å². The highest BCUT2D eigenvalue weighted by Gasteiger charge is 2.33. The van der Waals surface area contributed by atoms with Crippen LogP contribution in [0, 0.1) is 5.92 Å². The number of carbonyl (C=O) groups excluding carboxylic acids is 1. The number of hydrogen-bond donors (Lipinski definition) is 1. The van der Waals surface area contributed by atoms with Gasteiger partial charge >= 0.3 is 0 Å². The molecule has 86 valence electrons. The number of phenols is 1. The molecule has 0 fully saturated rings. The van der Waals surface area contributed by atoms with Crippen molar-refractivity contribution >= 4 is 29.0 Å². The van der Waals surface area contributed by atoms with Crippen LogP contribution in [0.3, 0.4) is 0 Å². The molecule has 0 unspecified atom stereocenters. The monoisotopic (exact) mass is 258 g/mol. The highest BCUT2D eigenvalue weighted by Crippen LogP contribution is 2.42. The summed E-state index contributed by atoms with van der Waals surface area (Å²) < 4.78 is 0. The summed E-state index contributed by atoms with van der Waals surface area (Å²) in [4.78, 5) is 12.0. The smallest absolute Gasteiger partial charge is 0.168 e. The van der Waals surface area contributed by atoms with Gasteiger partial charge in [-0.25, -0.2) is 0 Å². The molecular weight excluding hydrogens is 247 g/mol. The van der Waals surface area contributed by atoms with Gasteiger partial charge in [-0.15, -0.1) is 0 Å². The van der Waals surface area contributed by atoms with Crippen molar-refractivity contribution in [3.05, 3.63) is 27.2 Å². The number of fused-ring (bicyclic) bond motifs is 1. The van der Waals surface area contributed by atoms with Gasteiger partial charge in [0.2, 0.25) is 0 Å². The Balaban J connectivity index is 2.48. The average Bonchev–Trinajstić information content (AvgIpc) is 2.53. The Bertz CT molecular complexity index is 455. The molecule has 0 saturated carbocycles. The lowest BCUT2D eigenvalue weighted by molar-refractivity contribution is 0.0930. The largest absolute Gasteiger partial charge is 0.506 e. The molecule has 1 aliphatic carbocycles. The summed E-state index contributed by atoms with van der Waals surface area (Å²) in [5.41, 5.74) is 1.32. The van der Waals surface area contributed by atoms with Crippen molar-refractivity contribution < 1.29 is 9.90 Å². The third-order valence-electron chi connectivity index (χ3n) is 2.99. The van der Waals surface area contributed by atoms with Gasteiger partial charge in [-0.05, 0) is 24.5 Å². The predicted molar refractivity (Wildman–Crippen MR) is 64.6 cm³/mol. The third kappa shape index (κ3) is 1.70. The van der Waals surface area contributed by atoms with Crippen LogP contribution in [0.15, 0.2) is 6.07 Å². The number of rotatable bonds is 2. The Morgan fingerprint density at radius 3 is 2.75 bits per heavy atom. The topological polar surface area (TPSA) is 37.3 Å². The summed E-state index contributed by atoms with van der Waals surface area (Å²) in [6.07, 6.45) is 2.47. The van der Waals surface area contributed by atoms with E-state index in [2.05, 4.69) is 0 Å². The van der Waals surface area contributed by atoms with Crippen LogP contribution in [0.4, 0.5) is 0 Å². The Hall–Kier alpha value is -0.730. The van der Waals surface area contributed by atoms with E-state index in [1.165, 1.54) is 0 Å². The molecule has 16 heavy (non-hydrogen) atoms. The zero-order valence-corrected chi connectivity index (χ0v) is 10.4. The highest BCUT2D eigenvalue weighted by atomic mass is 35.5. The van der Waals surface area contributed by atoms with Crippen molar-refractivity contribution in [2.24, 2.45) is 5.92 Å². The Morgan fingerprint density at radius 1 is 1.44 bits per heavy atom. The van der Waals surface area contributed by atoms with Crippen LogP contribution in [-0.4, -0.2) is 10.9 Å². The first-order chi connectivity index (χ1) is 7.56. The fourth-order valence-electron chi connectivity index (χ4n) is 2.24. The molecule has 4 heteroatoms. The van der Waals surface area contributed by atoms with E-state index in [0.717, 1.165) is 18.4 Å². The van der Waals surface area contributed by atoms with E-state index in [-0.39, 0.29) is 27.5 Å². The number of Topliss-reactive ketones (excluding diaryl/α,β-unsaturated/α-hetero) is 1. The second-order valence-electron chi connectivity index (χ2n) is 4.11. The van der Waals surface area contributed by atoms with E-state index < -0.39 is 0 Å². The molecule has 1 aromatic carbocycles. The van der Waals surface area contributed by atoms with Crippen LogP contribution in [0.5, 0.6) is 5.75 Å². The van der Waals surface area contributed by atoms with E-state index in [9.17, 15) is 9.90 Å². The van der Waals surface area contributed by atoms with E-state index in [0.29, 0.717) is 12.0 Å². The van der Waals surface area contributed by atoms with E-state index in [1.807, 2.05) is 6.92 Å². The first-order valence-electron chi connectivity index (χ1n) is 5.30. The fraction of sp³-hybridized carbons (Fsp3) is 0.417. The standard InChI is InChI=1S/C12H12Cl2O2/c1-2-3-6-4-7-5-8(15)10(13)11(14)9(7)12(6)16/h5-6,15H,2-4H2,1H3/t6-/m1/s1. The maximum absolute atomic E-state index is 12.0. The van der Waals surface area contributed by atoms with Crippen molar-refractivity contribution in [3.8, 4) is 5.75 Å². The number of aromatic hydroxyl groups is 1. The molecule has 1 aliphatic rings. The van der Waals surface area contributed by atoms with Gasteiger partial charge in [0, 0.05) is 11.5 Å². The number of halogens is 2. The number of hydrogen-bond acceptors (Lipinski definition) is 2. The second kappa shape index (κ2) is 4.27. The molecule has 0 amide bonds. The number of benzene rings is 1. The summed E-state index contributed by atoms with van der Waals surface area (Å²) in [6, 6.07) is 1.55. The number of carbonyl (C=O) groups is 1. The predicted octanol–water partition coefficient (Wildman–Crippen LogP) is 3.85. The number of phenolic OH excluding ortho intramolecular Hbond substituents is 1. The van der Waals surface area contributed by atoms with Crippen LogP contribution < -0.4 is 0 Å². The lowest BCUT2D eigenvalue weighted by atomic mass is 10.00. The molecule has 0 bridgehead atoms. The summed E-state index contributed by atoms with van der Waals surface area (Å²) in [5, 5.41) is 9.81. The third-order valence-corrected chi connectivity index (χ3v) is 3.85. The van der Waals surface area contributed by atoms with Crippen LogP contribution >= 0.6 is 23.2 Å². The van der Waals surface area contributed by atoms with Crippen LogP contribution in [0.25, 0.3) is 0 Å². The van der Waals surface area contributed by atoms with Gasteiger partial charge in [0.1, 0.15) is 10.8 Å². The number of ketones is 1. The van der Waals surface area contributed by atoms with Crippen molar-refractivity contribution in [1.82, 2.24) is 0 Å². The van der Waals surface area contributed by atoms with Crippen LogP contribution in [-0.2, 0) is 6.42 Å². The van der Waals surface area contributed by atoms with Gasteiger partial charge < -0.3 is 5.11 Å². The highest BCUT2D eigenvalue weighted by molar-refractivity contribution is 6.45. The molecule has 0 aliphatic heterocycles. The van der Waals surface area contributed by atoms with Crippen molar-refractivity contribution in [1.29, 1.82) is 0 Å². The Kier molecular flexibility index (Phi) is 3.13. The van der Waals surface area contributed by atoms with Crippen molar-refractivity contribution in [3.63, 3.8) is 0 Å².